The first-order valence-electron chi connectivity index (χ1n) is 9.17. The molecule has 1 aromatic heterocycles. The van der Waals surface area contributed by atoms with Crippen LogP contribution in [0.25, 0.3) is 0 Å². The van der Waals surface area contributed by atoms with Gasteiger partial charge in [0.05, 0.1) is 12.3 Å². The number of carbonyl (C=O) groups excluding carboxylic acids is 1. The molecule has 1 aliphatic heterocycles. The topological polar surface area (TPSA) is 94.6 Å². The largest absolute Gasteiger partial charge is 0.486 e. The van der Waals surface area contributed by atoms with E-state index in [0.717, 1.165) is 41.4 Å². The van der Waals surface area contributed by atoms with Crippen LogP contribution in [0.1, 0.15) is 13.3 Å². The number of ether oxygens (including phenoxy) is 3. The van der Waals surface area contributed by atoms with Gasteiger partial charge in [0, 0.05) is 19.8 Å². The van der Waals surface area contributed by atoms with Gasteiger partial charge in [-0.1, -0.05) is 35.2 Å². The highest BCUT2D eigenvalue weighted by Crippen LogP contribution is 2.30. The summed E-state index contributed by atoms with van der Waals surface area (Å²) < 4.78 is 17.5. The third-order valence-corrected chi connectivity index (χ3v) is 5.79. The molecule has 0 spiro atoms. The third kappa shape index (κ3) is 6.54. The molecular weight excluding hydrogens is 400 g/mol. The number of carbonyl (C=O) groups is 1. The normalized spacial score (nSPS) is 15.2. The van der Waals surface area contributed by atoms with Crippen molar-refractivity contribution < 1.29 is 19.0 Å². The molecule has 152 valence electrons. The van der Waals surface area contributed by atoms with Crippen LogP contribution in [0.15, 0.2) is 28.6 Å². The van der Waals surface area contributed by atoms with Crippen molar-refractivity contribution in [3.8, 4) is 11.5 Å². The van der Waals surface area contributed by atoms with Crippen LogP contribution in [0.3, 0.4) is 0 Å². The Kier molecular flexibility index (Phi) is 8.19. The summed E-state index contributed by atoms with van der Waals surface area (Å²) in [5.41, 5.74) is 0. The van der Waals surface area contributed by atoms with Gasteiger partial charge >= 0.3 is 0 Å². The van der Waals surface area contributed by atoms with Gasteiger partial charge in [0.25, 0.3) is 0 Å². The predicted octanol–water partition coefficient (Wildman–Crippen LogP) is 2.42. The van der Waals surface area contributed by atoms with Crippen molar-refractivity contribution in [1.82, 2.24) is 15.5 Å². The highest BCUT2D eigenvalue weighted by Gasteiger charge is 2.21. The van der Waals surface area contributed by atoms with Crippen molar-refractivity contribution in [2.75, 3.05) is 44.0 Å². The molecule has 8 nitrogen and oxygen atoms in total. The van der Waals surface area contributed by atoms with Crippen LogP contribution in [0, 0.1) is 0 Å². The Labute approximate surface area is 172 Å². The van der Waals surface area contributed by atoms with E-state index in [0.29, 0.717) is 18.9 Å². The molecule has 0 aliphatic carbocycles. The predicted molar refractivity (Wildman–Crippen MR) is 110 cm³/mol. The van der Waals surface area contributed by atoms with Crippen LogP contribution < -0.4 is 20.1 Å². The van der Waals surface area contributed by atoms with Gasteiger partial charge in [0.15, 0.2) is 15.8 Å². The van der Waals surface area contributed by atoms with Gasteiger partial charge in [-0.05, 0) is 25.5 Å². The lowest BCUT2D eigenvalue weighted by Gasteiger charge is -2.26. The minimum absolute atomic E-state index is 0.0751. The zero-order valence-corrected chi connectivity index (χ0v) is 17.3. The Bertz CT molecular complexity index is 759. The highest BCUT2D eigenvalue weighted by atomic mass is 32.2. The number of amides is 1. The van der Waals surface area contributed by atoms with E-state index in [1.807, 2.05) is 31.2 Å². The second-order valence-electron chi connectivity index (χ2n) is 5.94. The van der Waals surface area contributed by atoms with Crippen LogP contribution in [0.5, 0.6) is 11.5 Å². The average molecular weight is 425 g/mol. The van der Waals surface area contributed by atoms with E-state index in [9.17, 15) is 4.79 Å². The number of fused-ring (bicyclic) bond motifs is 1. The van der Waals surface area contributed by atoms with E-state index in [2.05, 4.69) is 20.8 Å². The average Bonchev–Trinajstić information content (AvgIpc) is 3.18. The zero-order valence-electron chi connectivity index (χ0n) is 15.7. The molecule has 0 unspecified atom stereocenters. The molecule has 3 rings (SSSR count). The van der Waals surface area contributed by atoms with Crippen molar-refractivity contribution >= 4 is 34.1 Å². The maximum Gasteiger partial charge on any atom is 0.230 e. The van der Waals surface area contributed by atoms with Gasteiger partial charge in [0.1, 0.15) is 12.7 Å². The monoisotopic (exact) mass is 424 g/mol. The van der Waals surface area contributed by atoms with Crippen LogP contribution in [-0.2, 0) is 9.53 Å². The quantitative estimate of drug-likeness (QED) is 0.420. The third-order valence-electron chi connectivity index (χ3n) is 3.77. The van der Waals surface area contributed by atoms with E-state index in [-0.39, 0.29) is 17.8 Å². The molecule has 1 amide bonds. The summed E-state index contributed by atoms with van der Waals surface area (Å²) in [4.78, 5) is 12.1. The maximum atomic E-state index is 12.1. The summed E-state index contributed by atoms with van der Waals surface area (Å²) in [6.45, 7) is 5.04. The first kappa shape index (κ1) is 20.7. The molecule has 2 N–H and O–H groups in total. The van der Waals surface area contributed by atoms with Crippen LogP contribution in [0.2, 0.25) is 0 Å². The molecule has 0 radical (unpaired) electrons. The highest BCUT2D eigenvalue weighted by molar-refractivity contribution is 8.01. The van der Waals surface area contributed by atoms with Crippen LogP contribution in [-0.4, -0.2) is 60.9 Å². The molecule has 2 heterocycles. The lowest BCUT2D eigenvalue weighted by atomic mass is 10.2. The number of hydrogen-bond donors (Lipinski definition) is 2. The molecular formula is C18H24N4O4S2. The summed E-state index contributed by atoms with van der Waals surface area (Å²) in [5, 5.41) is 15.0. The lowest BCUT2D eigenvalue weighted by molar-refractivity contribution is -0.119. The molecule has 10 heteroatoms. The fourth-order valence-electron chi connectivity index (χ4n) is 2.42. The van der Waals surface area contributed by atoms with E-state index >= 15 is 0 Å². The number of thioether (sulfide) groups is 1. The Hall–Kier alpha value is -2.04. The van der Waals surface area contributed by atoms with Gasteiger partial charge in [-0.25, -0.2) is 0 Å². The number of anilines is 1. The van der Waals surface area contributed by atoms with Crippen LogP contribution in [0.4, 0.5) is 5.13 Å². The molecule has 2 aromatic rings. The SMILES string of the molecule is CCOCCCNc1nnc(SCC(=O)NC[C@@H]2COc3ccccc3O2)s1. The van der Waals surface area contributed by atoms with Gasteiger partial charge in [-0.15, -0.1) is 10.2 Å². The molecule has 28 heavy (non-hydrogen) atoms. The number of aromatic nitrogens is 2. The summed E-state index contributed by atoms with van der Waals surface area (Å²) in [6, 6.07) is 7.52. The van der Waals surface area contributed by atoms with E-state index < -0.39 is 0 Å². The number of benzene rings is 1. The van der Waals surface area contributed by atoms with Crippen molar-refractivity contribution in [1.29, 1.82) is 0 Å². The fourth-order valence-corrected chi connectivity index (χ4v) is 4.03. The zero-order chi connectivity index (χ0) is 19.6. The number of nitrogens with zero attached hydrogens (tertiary/aromatic N) is 2. The molecule has 1 atom stereocenters. The maximum absolute atomic E-state index is 12.1. The van der Waals surface area contributed by atoms with Gasteiger partial charge in [0.2, 0.25) is 11.0 Å². The smallest absolute Gasteiger partial charge is 0.230 e. The van der Waals surface area contributed by atoms with Crippen molar-refractivity contribution in [3.63, 3.8) is 0 Å². The number of nitrogens with one attached hydrogen (secondary N) is 2. The first-order valence-corrected chi connectivity index (χ1v) is 11.0. The van der Waals surface area contributed by atoms with Gasteiger partial charge < -0.3 is 24.8 Å². The van der Waals surface area contributed by atoms with Crippen LogP contribution >= 0.6 is 23.1 Å². The number of hydrogen-bond acceptors (Lipinski definition) is 9. The summed E-state index contributed by atoms with van der Waals surface area (Å²) in [5.74, 6) is 1.65. The Morgan fingerprint density at radius 3 is 3.07 bits per heavy atom. The van der Waals surface area contributed by atoms with Gasteiger partial charge in [-0.2, -0.15) is 0 Å². The van der Waals surface area contributed by atoms with Crippen molar-refractivity contribution in [2.24, 2.45) is 0 Å². The molecule has 1 aliphatic rings. The number of para-hydroxylation sites is 2. The second kappa shape index (κ2) is 11.1. The standard InChI is InChI=1S/C18H24N4O4S2/c1-2-24-9-5-8-19-17-21-22-18(28-17)27-12-16(23)20-10-13-11-25-14-6-3-4-7-15(14)26-13/h3-4,6-7,13H,2,5,8-12H2,1H3,(H,19,21)(H,20,23)/t13-/m1/s1. The Morgan fingerprint density at radius 2 is 2.21 bits per heavy atom. The summed E-state index contributed by atoms with van der Waals surface area (Å²) in [6.07, 6.45) is 0.716. The molecule has 1 aromatic carbocycles. The minimum Gasteiger partial charge on any atom is -0.486 e. The molecule has 0 saturated carbocycles. The van der Waals surface area contributed by atoms with Gasteiger partial charge in [-0.3, -0.25) is 4.79 Å². The van der Waals surface area contributed by atoms with E-state index in [1.165, 1.54) is 23.1 Å². The van der Waals surface area contributed by atoms with E-state index in [1.54, 1.807) is 0 Å². The molecule has 0 bridgehead atoms. The second-order valence-corrected chi connectivity index (χ2v) is 8.14. The lowest BCUT2D eigenvalue weighted by Crippen LogP contribution is -2.41. The fraction of sp³-hybridized carbons (Fsp3) is 0.500. The molecule has 0 saturated heterocycles. The minimum atomic E-state index is -0.196. The van der Waals surface area contributed by atoms with Crippen molar-refractivity contribution in [3.05, 3.63) is 24.3 Å². The molecule has 0 fully saturated rings. The number of rotatable bonds is 11. The Morgan fingerprint density at radius 1 is 1.36 bits per heavy atom. The summed E-state index contributed by atoms with van der Waals surface area (Å²) in [7, 11) is 0. The van der Waals surface area contributed by atoms with E-state index in [4.69, 9.17) is 14.2 Å². The first-order chi connectivity index (χ1) is 13.7. The van der Waals surface area contributed by atoms with Crippen molar-refractivity contribution in [2.45, 2.75) is 23.8 Å². The Balaban J connectivity index is 1.32. The summed E-state index contributed by atoms with van der Waals surface area (Å²) >= 11 is 2.81.